The number of carbonyl (C=O) groups excluding carboxylic acids is 1. The van der Waals surface area contributed by atoms with Crippen molar-refractivity contribution in [2.45, 2.75) is 0 Å². The van der Waals surface area contributed by atoms with Gasteiger partial charge in [-0.1, -0.05) is 35.3 Å². The molecule has 0 aliphatic carbocycles. The summed E-state index contributed by atoms with van der Waals surface area (Å²) in [7, 11) is 0. The van der Waals surface area contributed by atoms with E-state index in [1.54, 1.807) is 36.4 Å². The highest BCUT2D eigenvalue weighted by atomic mass is 79.9. The van der Waals surface area contributed by atoms with Crippen LogP contribution in [-0.4, -0.2) is 5.91 Å². The Morgan fingerprint density at radius 2 is 1.74 bits per heavy atom. The fourth-order valence-corrected chi connectivity index (χ4v) is 2.59. The maximum Gasteiger partial charge on any atom is 0.257 e. The summed E-state index contributed by atoms with van der Waals surface area (Å²) in [5, 5.41) is 3.66. The number of carbonyl (C=O) groups is 1. The lowest BCUT2D eigenvalue weighted by atomic mass is 10.2. The average Bonchev–Trinajstić information content (AvgIpc) is 2.38. The number of benzene rings is 2. The first-order chi connectivity index (χ1) is 9.00. The van der Waals surface area contributed by atoms with Crippen molar-refractivity contribution in [1.29, 1.82) is 0 Å². The molecule has 0 aliphatic rings. The molecule has 0 radical (unpaired) electrons. The summed E-state index contributed by atoms with van der Waals surface area (Å²) < 4.78 is 1.31. The third kappa shape index (κ3) is 3.31. The van der Waals surface area contributed by atoms with Crippen LogP contribution in [-0.2, 0) is 0 Å². The molecule has 0 bridgehead atoms. The van der Waals surface area contributed by atoms with Crippen LogP contribution in [0.15, 0.2) is 45.3 Å². The minimum atomic E-state index is -0.297. The largest absolute Gasteiger partial charge is 0.321 e. The van der Waals surface area contributed by atoms with Gasteiger partial charge in [0.15, 0.2) is 0 Å². The monoisotopic (exact) mass is 421 g/mol. The van der Waals surface area contributed by atoms with Gasteiger partial charge < -0.3 is 5.32 Å². The Morgan fingerprint density at radius 3 is 2.47 bits per heavy atom. The molecule has 0 aromatic heterocycles. The number of rotatable bonds is 2. The van der Waals surface area contributed by atoms with Crippen LogP contribution in [0.3, 0.4) is 0 Å². The Balaban J connectivity index is 2.31. The van der Waals surface area contributed by atoms with Crippen LogP contribution in [0.2, 0.25) is 10.0 Å². The van der Waals surface area contributed by atoms with Crippen LogP contribution in [0.25, 0.3) is 0 Å². The minimum absolute atomic E-state index is 0.297. The van der Waals surface area contributed by atoms with Gasteiger partial charge in [-0.25, -0.2) is 0 Å². The van der Waals surface area contributed by atoms with Crippen LogP contribution in [0, 0.1) is 0 Å². The summed E-state index contributed by atoms with van der Waals surface area (Å²) in [6.07, 6.45) is 0. The molecule has 0 unspecified atom stereocenters. The van der Waals surface area contributed by atoms with Crippen LogP contribution < -0.4 is 5.32 Å². The van der Waals surface area contributed by atoms with E-state index in [0.29, 0.717) is 30.2 Å². The van der Waals surface area contributed by atoms with E-state index in [-0.39, 0.29) is 5.91 Å². The highest BCUT2D eigenvalue weighted by molar-refractivity contribution is 9.11. The predicted molar refractivity (Wildman–Crippen MR) is 86.3 cm³/mol. The molecule has 2 aromatic carbocycles. The van der Waals surface area contributed by atoms with Gasteiger partial charge in [0.05, 0.1) is 25.8 Å². The lowest BCUT2D eigenvalue weighted by molar-refractivity contribution is 0.102. The van der Waals surface area contributed by atoms with Crippen LogP contribution in [0.1, 0.15) is 10.4 Å². The van der Waals surface area contributed by atoms with Crippen molar-refractivity contribution in [3.05, 3.63) is 61.0 Å². The first-order valence-electron chi connectivity index (χ1n) is 5.20. The van der Waals surface area contributed by atoms with E-state index in [2.05, 4.69) is 37.2 Å². The summed E-state index contributed by atoms with van der Waals surface area (Å²) in [6.45, 7) is 0. The summed E-state index contributed by atoms with van der Waals surface area (Å²) in [4.78, 5) is 12.2. The molecule has 19 heavy (non-hydrogen) atoms. The smallest absolute Gasteiger partial charge is 0.257 e. The molecule has 2 rings (SSSR count). The van der Waals surface area contributed by atoms with Crippen LogP contribution in [0.5, 0.6) is 0 Å². The third-order valence-corrected chi connectivity index (χ3v) is 5.09. The minimum Gasteiger partial charge on any atom is -0.321 e. The van der Waals surface area contributed by atoms with E-state index in [9.17, 15) is 4.79 Å². The lowest BCUT2D eigenvalue weighted by Gasteiger charge is -2.10. The van der Waals surface area contributed by atoms with E-state index in [1.165, 1.54) is 0 Å². The summed E-state index contributed by atoms with van der Waals surface area (Å²) in [6, 6.07) is 10.4. The molecule has 6 heteroatoms. The second kappa shape index (κ2) is 6.27. The summed E-state index contributed by atoms with van der Waals surface area (Å²) in [5.74, 6) is -0.297. The SMILES string of the molecule is O=C(Nc1cccc(Cl)c1Br)c1cccc(Br)c1Cl. The van der Waals surface area contributed by atoms with Crippen molar-refractivity contribution in [3.8, 4) is 0 Å². The summed E-state index contributed by atoms with van der Waals surface area (Å²) >= 11 is 18.7. The molecule has 0 saturated heterocycles. The van der Waals surface area contributed by atoms with E-state index in [1.807, 2.05) is 0 Å². The number of amides is 1. The Labute approximate surface area is 137 Å². The Bertz CT molecular complexity index is 647. The van der Waals surface area contributed by atoms with Crippen molar-refractivity contribution in [2.75, 3.05) is 5.32 Å². The van der Waals surface area contributed by atoms with Crippen molar-refractivity contribution >= 4 is 66.7 Å². The molecular formula is C13H7Br2Cl2NO. The van der Waals surface area contributed by atoms with Crippen molar-refractivity contribution in [1.82, 2.24) is 0 Å². The molecule has 0 spiro atoms. The van der Waals surface area contributed by atoms with Crippen molar-refractivity contribution < 1.29 is 4.79 Å². The van der Waals surface area contributed by atoms with Gasteiger partial charge in [0.1, 0.15) is 0 Å². The fourth-order valence-electron chi connectivity index (χ4n) is 1.47. The molecular weight excluding hydrogens is 417 g/mol. The van der Waals surface area contributed by atoms with Crippen LogP contribution in [0.4, 0.5) is 5.69 Å². The standard InChI is InChI=1S/C13H7Br2Cl2NO/c14-8-4-1-3-7(12(8)17)13(19)18-10-6-2-5-9(16)11(10)15/h1-6H,(H,18,19). The molecule has 2 nitrogen and oxygen atoms in total. The molecule has 1 amide bonds. The number of halogens is 4. The number of hydrogen-bond donors (Lipinski definition) is 1. The second-order valence-electron chi connectivity index (χ2n) is 3.66. The number of anilines is 1. The van der Waals surface area contributed by atoms with Crippen molar-refractivity contribution in [3.63, 3.8) is 0 Å². The Hall–Kier alpha value is -0.550. The van der Waals surface area contributed by atoms with Gasteiger partial charge in [-0.15, -0.1) is 0 Å². The van der Waals surface area contributed by atoms with Gasteiger partial charge >= 0.3 is 0 Å². The maximum absolute atomic E-state index is 12.2. The fraction of sp³-hybridized carbons (Fsp3) is 0. The Kier molecular flexibility index (Phi) is 4.90. The van der Waals surface area contributed by atoms with Gasteiger partial charge in [-0.2, -0.15) is 0 Å². The zero-order chi connectivity index (χ0) is 14.0. The first-order valence-corrected chi connectivity index (χ1v) is 7.54. The highest BCUT2D eigenvalue weighted by Gasteiger charge is 2.14. The molecule has 0 heterocycles. The van der Waals surface area contributed by atoms with E-state index in [0.717, 1.165) is 0 Å². The molecule has 98 valence electrons. The molecule has 0 saturated carbocycles. The van der Waals surface area contributed by atoms with Gasteiger partial charge in [0, 0.05) is 4.47 Å². The number of hydrogen-bond acceptors (Lipinski definition) is 1. The van der Waals surface area contributed by atoms with Gasteiger partial charge in [-0.3, -0.25) is 4.79 Å². The molecule has 0 aliphatic heterocycles. The van der Waals surface area contributed by atoms with E-state index >= 15 is 0 Å². The first kappa shape index (κ1) is 14.9. The third-order valence-electron chi connectivity index (χ3n) is 2.40. The predicted octanol–water partition coefficient (Wildman–Crippen LogP) is 5.77. The Morgan fingerprint density at radius 1 is 1.05 bits per heavy atom. The van der Waals surface area contributed by atoms with Gasteiger partial charge in [0.2, 0.25) is 0 Å². The van der Waals surface area contributed by atoms with Crippen LogP contribution >= 0.6 is 55.1 Å². The van der Waals surface area contributed by atoms with E-state index < -0.39 is 0 Å². The summed E-state index contributed by atoms with van der Waals surface area (Å²) in [5.41, 5.74) is 0.983. The van der Waals surface area contributed by atoms with Gasteiger partial charge in [0.25, 0.3) is 5.91 Å². The van der Waals surface area contributed by atoms with Crippen molar-refractivity contribution in [2.24, 2.45) is 0 Å². The quantitative estimate of drug-likeness (QED) is 0.652. The highest BCUT2D eigenvalue weighted by Crippen LogP contribution is 2.31. The molecule has 0 atom stereocenters. The lowest BCUT2D eigenvalue weighted by Crippen LogP contribution is -2.13. The molecule has 0 fully saturated rings. The topological polar surface area (TPSA) is 29.1 Å². The zero-order valence-corrected chi connectivity index (χ0v) is 14.1. The second-order valence-corrected chi connectivity index (χ2v) is 6.09. The van der Waals surface area contributed by atoms with Gasteiger partial charge in [-0.05, 0) is 56.1 Å². The van der Waals surface area contributed by atoms with E-state index in [4.69, 9.17) is 23.2 Å². The number of nitrogens with one attached hydrogen (secondary N) is 1. The molecule has 1 N–H and O–H groups in total. The average molecular weight is 424 g/mol. The zero-order valence-electron chi connectivity index (χ0n) is 9.38. The normalized spacial score (nSPS) is 10.3. The maximum atomic E-state index is 12.2. The molecule has 2 aromatic rings.